The molecule has 29 heavy (non-hydrogen) atoms. The summed E-state index contributed by atoms with van der Waals surface area (Å²) in [6, 6.07) is 24.3. The molecule has 6 heteroatoms. The molecule has 1 N–H and O–H groups in total. The Kier molecular flexibility index (Phi) is 6.23. The molecule has 0 radical (unpaired) electrons. The van der Waals surface area contributed by atoms with Gasteiger partial charge in [-0.15, -0.1) is 0 Å². The highest BCUT2D eigenvalue weighted by Crippen LogP contribution is 2.22. The van der Waals surface area contributed by atoms with Crippen molar-refractivity contribution in [3.63, 3.8) is 0 Å². The van der Waals surface area contributed by atoms with E-state index >= 15 is 0 Å². The van der Waals surface area contributed by atoms with Crippen LogP contribution in [0.3, 0.4) is 0 Å². The summed E-state index contributed by atoms with van der Waals surface area (Å²) < 4.78 is 11.0. The molecule has 0 aliphatic carbocycles. The second-order valence-electron chi connectivity index (χ2n) is 6.14. The van der Waals surface area contributed by atoms with Gasteiger partial charge in [-0.05, 0) is 49.4 Å². The number of hydrogen-bond acceptors (Lipinski definition) is 5. The van der Waals surface area contributed by atoms with Gasteiger partial charge in [-0.1, -0.05) is 36.4 Å². The highest BCUT2D eigenvalue weighted by molar-refractivity contribution is 5.98. The number of anilines is 1. The lowest BCUT2D eigenvalue weighted by atomic mass is 10.2. The van der Waals surface area contributed by atoms with Crippen LogP contribution in [0.1, 0.15) is 22.8 Å². The van der Waals surface area contributed by atoms with Crippen molar-refractivity contribution in [2.24, 2.45) is 0 Å². The van der Waals surface area contributed by atoms with Crippen LogP contribution in [0.15, 0.2) is 78.9 Å². The summed E-state index contributed by atoms with van der Waals surface area (Å²) in [5.74, 6) is -0.0647. The van der Waals surface area contributed by atoms with Crippen molar-refractivity contribution in [2.45, 2.75) is 13.0 Å². The first kappa shape index (κ1) is 19.6. The van der Waals surface area contributed by atoms with E-state index in [1.165, 1.54) is 6.92 Å². The molecule has 1 amide bonds. The van der Waals surface area contributed by atoms with Gasteiger partial charge in [0.2, 0.25) is 0 Å². The molecule has 0 spiro atoms. The van der Waals surface area contributed by atoms with Crippen molar-refractivity contribution in [1.29, 1.82) is 5.26 Å². The van der Waals surface area contributed by atoms with Crippen LogP contribution in [0.4, 0.5) is 5.69 Å². The third-order valence-corrected chi connectivity index (χ3v) is 4.01. The topological polar surface area (TPSA) is 88.4 Å². The van der Waals surface area contributed by atoms with E-state index in [0.717, 1.165) is 0 Å². The Labute approximate surface area is 168 Å². The van der Waals surface area contributed by atoms with E-state index in [4.69, 9.17) is 14.7 Å². The highest BCUT2D eigenvalue weighted by Gasteiger charge is 2.20. The van der Waals surface area contributed by atoms with Gasteiger partial charge >= 0.3 is 5.97 Å². The standard InChI is InChI=1S/C23H18N2O4/c1-16(22(26)25-21-13-6-5-8-18(21)15-24)28-23(27)17-9-7-12-20(14-17)29-19-10-3-2-4-11-19/h2-14,16H,1H3,(H,25,26)/t16-/m0/s1. The summed E-state index contributed by atoms with van der Waals surface area (Å²) in [6.45, 7) is 1.46. The minimum Gasteiger partial charge on any atom is -0.457 e. The van der Waals surface area contributed by atoms with Crippen LogP contribution in [0, 0.1) is 11.3 Å². The maximum absolute atomic E-state index is 12.4. The molecule has 0 heterocycles. The number of nitriles is 1. The highest BCUT2D eigenvalue weighted by atomic mass is 16.5. The van der Waals surface area contributed by atoms with E-state index in [0.29, 0.717) is 22.7 Å². The summed E-state index contributed by atoms with van der Waals surface area (Å²) in [6.07, 6.45) is -1.05. The average molecular weight is 386 g/mol. The molecule has 1 atom stereocenters. The molecule has 0 fully saturated rings. The van der Waals surface area contributed by atoms with Gasteiger partial charge in [-0.2, -0.15) is 5.26 Å². The first-order valence-corrected chi connectivity index (χ1v) is 8.91. The Bertz CT molecular complexity index is 1060. The van der Waals surface area contributed by atoms with Crippen molar-refractivity contribution >= 4 is 17.6 Å². The number of nitrogens with one attached hydrogen (secondary N) is 1. The number of esters is 1. The Hall–Kier alpha value is -4.11. The molecular weight excluding hydrogens is 368 g/mol. The summed E-state index contributed by atoms with van der Waals surface area (Å²) in [7, 11) is 0. The second-order valence-corrected chi connectivity index (χ2v) is 6.14. The van der Waals surface area contributed by atoms with E-state index in [1.807, 2.05) is 24.3 Å². The van der Waals surface area contributed by atoms with Gasteiger partial charge in [0.25, 0.3) is 5.91 Å². The molecule has 144 valence electrons. The molecular formula is C23H18N2O4. The Morgan fingerprint density at radius 2 is 1.62 bits per heavy atom. The predicted octanol–water partition coefficient (Wildman–Crippen LogP) is 4.53. The van der Waals surface area contributed by atoms with Crippen molar-refractivity contribution in [3.8, 4) is 17.6 Å². The second kappa shape index (κ2) is 9.20. The smallest absolute Gasteiger partial charge is 0.339 e. The normalized spacial score (nSPS) is 11.0. The van der Waals surface area contributed by atoms with E-state index in [-0.39, 0.29) is 5.56 Å². The van der Waals surface area contributed by atoms with E-state index in [1.54, 1.807) is 60.7 Å². The van der Waals surface area contributed by atoms with Gasteiger partial charge < -0.3 is 14.8 Å². The zero-order chi connectivity index (χ0) is 20.6. The number of benzene rings is 3. The number of amides is 1. The van der Waals surface area contributed by atoms with Crippen LogP contribution in [0.5, 0.6) is 11.5 Å². The fourth-order valence-electron chi connectivity index (χ4n) is 2.52. The zero-order valence-corrected chi connectivity index (χ0v) is 15.7. The summed E-state index contributed by atoms with van der Waals surface area (Å²) >= 11 is 0. The molecule has 0 bridgehead atoms. The maximum atomic E-state index is 12.4. The lowest BCUT2D eigenvalue weighted by molar-refractivity contribution is -0.123. The molecule has 0 saturated carbocycles. The fraction of sp³-hybridized carbons (Fsp3) is 0.0870. The van der Waals surface area contributed by atoms with Crippen LogP contribution in [0.25, 0.3) is 0 Å². The number of carbonyl (C=O) groups is 2. The number of ether oxygens (including phenoxy) is 2. The largest absolute Gasteiger partial charge is 0.457 e. The first-order chi connectivity index (χ1) is 14.1. The van der Waals surface area contributed by atoms with Gasteiger partial charge in [-0.3, -0.25) is 4.79 Å². The van der Waals surface area contributed by atoms with Crippen molar-refractivity contribution in [3.05, 3.63) is 90.0 Å². The molecule has 0 unspecified atom stereocenters. The Morgan fingerprint density at radius 3 is 2.38 bits per heavy atom. The number of hydrogen-bond donors (Lipinski definition) is 1. The van der Waals surface area contributed by atoms with Crippen molar-refractivity contribution in [2.75, 3.05) is 5.32 Å². The van der Waals surface area contributed by atoms with Crippen LogP contribution >= 0.6 is 0 Å². The molecule has 0 saturated heterocycles. The number of carbonyl (C=O) groups excluding carboxylic acids is 2. The number of para-hydroxylation sites is 2. The lowest BCUT2D eigenvalue weighted by Gasteiger charge is -2.14. The van der Waals surface area contributed by atoms with Crippen molar-refractivity contribution in [1.82, 2.24) is 0 Å². The van der Waals surface area contributed by atoms with Gasteiger partial charge in [0.1, 0.15) is 17.6 Å². The lowest BCUT2D eigenvalue weighted by Crippen LogP contribution is -2.30. The average Bonchev–Trinajstić information content (AvgIpc) is 2.75. The minimum atomic E-state index is -1.05. The molecule has 3 aromatic rings. The molecule has 6 nitrogen and oxygen atoms in total. The van der Waals surface area contributed by atoms with Crippen LogP contribution < -0.4 is 10.1 Å². The first-order valence-electron chi connectivity index (χ1n) is 8.91. The predicted molar refractivity (Wildman–Crippen MR) is 108 cm³/mol. The molecule has 0 aromatic heterocycles. The third-order valence-electron chi connectivity index (χ3n) is 4.01. The number of nitrogens with zero attached hydrogens (tertiary/aromatic N) is 1. The molecule has 3 rings (SSSR count). The van der Waals surface area contributed by atoms with Gasteiger partial charge in [0, 0.05) is 0 Å². The summed E-state index contributed by atoms with van der Waals surface area (Å²) in [5, 5.41) is 11.7. The molecule has 0 aliphatic rings. The van der Waals surface area contributed by atoms with Crippen LogP contribution in [0.2, 0.25) is 0 Å². The Morgan fingerprint density at radius 1 is 0.931 bits per heavy atom. The van der Waals surface area contributed by atoms with Crippen LogP contribution in [-0.4, -0.2) is 18.0 Å². The maximum Gasteiger partial charge on any atom is 0.339 e. The molecule has 0 aliphatic heterocycles. The SMILES string of the molecule is C[C@H](OC(=O)c1cccc(Oc2ccccc2)c1)C(=O)Nc1ccccc1C#N. The van der Waals surface area contributed by atoms with E-state index in [2.05, 4.69) is 5.32 Å². The van der Waals surface area contributed by atoms with Gasteiger partial charge in [-0.25, -0.2) is 4.79 Å². The van der Waals surface area contributed by atoms with E-state index in [9.17, 15) is 9.59 Å². The van der Waals surface area contributed by atoms with Crippen LogP contribution in [-0.2, 0) is 9.53 Å². The van der Waals surface area contributed by atoms with Gasteiger partial charge in [0.15, 0.2) is 6.10 Å². The fourth-order valence-corrected chi connectivity index (χ4v) is 2.52. The van der Waals surface area contributed by atoms with E-state index < -0.39 is 18.0 Å². The summed E-state index contributed by atoms with van der Waals surface area (Å²) in [4.78, 5) is 24.8. The van der Waals surface area contributed by atoms with Crippen molar-refractivity contribution < 1.29 is 19.1 Å². The Balaban J connectivity index is 1.64. The summed E-state index contributed by atoms with van der Waals surface area (Å²) in [5.41, 5.74) is 0.946. The third kappa shape index (κ3) is 5.21. The number of rotatable bonds is 6. The van der Waals surface area contributed by atoms with Gasteiger partial charge in [0.05, 0.1) is 16.8 Å². The minimum absolute atomic E-state index is 0.260. The zero-order valence-electron chi connectivity index (χ0n) is 15.7. The monoisotopic (exact) mass is 386 g/mol. The molecule has 3 aromatic carbocycles. The quantitative estimate of drug-likeness (QED) is 0.629.